The van der Waals surface area contributed by atoms with Gasteiger partial charge in [0.2, 0.25) is 11.8 Å². The number of anilines is 4. The lowest BCUT2D eigenvalue weighted by Crippen LogP contribution is -2.13. The molecule has 0 saturated heterocycles. The van der Waals surface area contributed by atoms with Crippen molar-refractivity contribution in [2.24, 2.45) is 0 Å². The van der Waals surface area contributed by atoms with Gasteiger partial charge >= 0.3 is 0 Å². The van der Waals surface area contributed by atoms with E-state index in [1.807, 2.05) is 0 Å². The quantitative estimate of drug-likeness (QED) is 0.204. The van der Waals surface area contributed by atoms with Gasteiger partial charge in [0.1, 0.15) is 0 Å². The van der Waals surface area contributed by atoms with E-state index in [1.54, 1.807) is 72.8 Å². The second-order valence-corrected chi connectivity index (χ2v) is 12.9. The van der Waals surface area contributed by atoms with Crippen molar-refractivity contribution in [3.63, 3.8) is 0 Å². The molecule has 0 heterocycles. The van der Waals surface area contributed by atoms with Crippen LogP contribution in [0.5, 0.6) is 0 Å². The Balaban J connectivity index is 1.32. The van der Waals surface area contributed by atoms with Gasteiger partial charge in [-0.05, 0) is 101 Å². The minimum atomic E-state index is -3.90. The largest absolute Gasteiger partial charge is 0.326 e. The third-order valence-electron chi connectivity index (χ3n) is 6.36. The van der Waals surface area contributed by atoms with Crippen molar-refractivity contribution in [1.29, 1.82) is 0 Å². The first-order valence-electron chi connectivity index (χ1n) is 12.5. The maximum absolute atomic E-state index is 13.1. The second-order valence-electron chi connectivity index (χ2n) is 9.54. The number of benzene rings is 4. The first-order chi connectivity index (χ1) is 19.4. The summed E-state index contributed by atoms with van der Waals surface area (Å²) in [4.78, 5) is 22.6. The SMILES string of the molecule is CC(=O)Nc1ccc(NS(=O)(=O)c2ccc3c(c2)Cc2cc(S(=O)(=O)Nc4ccc(NC(C)=O)cc4)ccc2-3)cc1. The van der Waals surface area contributed by atoms with E-state index >= 15 is 0 Å². The molecule has 0 radical (unpaired) electrons. The molecule has 0 saturated carbocycles. The third-order valence-corrected chi connectivity index (χ3v) is 9.12. The zero-order valence-electron chi connectivity index (χ0n) is 22.1. The predicted molar refractivity (Wildman–Crippen MR) is 158 cm³/mol. The molecule has 12 heteroatoms. The molecule has 4 N–H and O–H groups in total. The maximum Gasteiger partial charge on any atom is 0.261 e. The number of rotatable bonds is 8. The van der Waals surface area contributed by atoms with E-state index in [9.17, 15) is 26.4 Å². The van der Waals surface area contributed by atoms with Gasteiger partial charge in [0, 0.05) is 36.6 Å². The monoisotopic (exact) mass is 590 g/mol. The number of fused-ring (bicyclic) bond motifs is 3. The second kappa shape index (κ2) is 10.7. The lowest BCUT2D eigenvalue weighted by atomic mass is 10.1. The van der Waals surface area contributed by atoms with Crippen LogP contribution < -0.4 is 20.1 Å². The standard InChI is InChI=1S/C29H26N4O6S2/c1-18(34)30-22-3-7-24(8-4-22)32-40(36,37)26-11-13-28-20(16-26)15-21-17-27(12-14-29(21)28)41(38,39)33-25-9-5-23(6-10-25)31-19(2)35/h3-14,16-17,32-33H,15H2,1-2H3,(H,30,34)(H,31,35). The van der Waals surface area contributed by atoms with Gasteiger partial charge in [0.25, 0.3) is 20.0 Å². The minimum absolute atomic E-state index is 0.0761. The minimum Gasteiger partial charge on any atom is -0.326 e. The molecule has 4 aromatic rings. The number of nitrogens with one attached hydrogen (secondary N) is 4. The number of amides is 2. The highest BCUT2D eigenvalue weighted by atomic mass is 32.2. The van der Waals surface area contributed by atoms with Gasteiger partial charge in [0.15, 0.2) is 0 Å². The van der Waals surface area contributed by atoms with Crippen molar-refractivity contribution in [2.75, 3.05) is 20.1 Å². The van der Waals surface area contributed by atoms with Crippen LogP contribution in [-0.2, 0) is 36.1 Å². The maximum atomic E-state index is 13.1. The molecule has 1 aliphatic rings. The van der Waals surface area contributed by atoms with Crippen LogP contribution in [-0.4, -0.2) is 28.6 Å². The number of hydrogen-bond donors (Lipinski definition) is 4. The fourth-order valence-electron chi connectivity index (χ4n) is 4.58. The van der Waals surface area contributed by atoms with E-state index in [0.29, 0.717) is 29.2 Å². The Bertz CT molecular complexity index is 1750. The summed E-state index contributed by atoms with van der Waals surface area (Å²) in [5, 5.41) is 5.25. The topological polar surface area (TPSA) is 151 Å². The summed E-state index contributed by atoms with van der Waals surface area (Å²) in [5.74, 6) is -0.457. The van der Waals surface area contributed by atoms with E-state index in [-0.39, 0.29) is 21.6 Å². The molecule has 10 nitrogen and oxygen atoms in total. The molecule has 0 aromatic heterocycles. The van der Waals surface area contributed by atoms with Crippen LogP contribution in [0.15, 0.2) is 94.7 Å². The smallest absolute Gasteiger partial charge is 0.261 e. The highest BCUT2D eigenvalue weighted by Crippen LogP contribution is 2.39. The van der Waals surface area contributed by atoms with E-state index in [0.717, 1.165) is 22.3 Å². The molecular formula is C29H26N4O6S2. The van der Waals surface area contributed by atoms with Crippen molar-refractivity contribution in [1.82, 2.24) is 0 Å². The molecule has 0 spiro atoms. The van der Waals surface area contributed by atoms with E-state index in [2.05, 4.69) is 20.1 Å². The van der Waals surface area contributed by atoms with Crippen LogP contribution >= 0.6 is 0 Å². The van der Waals surface area contributed by atoms with Crippen molar-refractivity contribution in [3.8, 4) is 11.1 Å². The van der Waals surface area contributed by atoms with Crippen LogP contribution in [0.3, 0.4) is 0 Å². The summed E-state index contributed by atoms with van der Waals surface area (Å²) in [6.07, 6.45) is 0.369. The van der Waals surface area contributed by atoms with E-state index < -0.39 is 20.0 Å². The molecule has 0 bridgehead atoms. The Kier molecular flexibility index (Phi) is 7.28. The van der Waals surface area contributed by atoms with E-state index in [4.69, 9.17) is 0 Å². The molecule has 0 aliphatic heterocycles. The van der Waals surface area contributed by atoms with Crippen LogP contribution in [0, 0.1) is 0 Å². The molecule has 0 atom stereocenters. The summed E-state index contributed by atoms with van der Waals surface area (Å²) < 4.78 is 57.4. The Morgan fingerprint density at radius 3 is 1.22 bits per heavy atom. The molecule has 0 fully saturated rings. The van der Waals surface area contributed by atoms with Gasteiger partial charge < -0.3 is 10.6 Å². The van der Waals surface area contributed by atoms with Gasteiger partial charge in [-0.1, -0.05) is 12.1 Å². The molecule has 1 aliphatic carbocycles. The summed E-state index contributed by atoms with van der Waals surface area (Å²) in [5.41, 5.74) is 4.98. The Morgan fingerprint density at radius 2 is 0.878 bits per heavy atom. The third kappa shape index (κ3) is 6.23. The first-order valence-corrected chi connectivity index (χ1v) is 15.4. The van der Waals surface area contributed by atoms with Crippen molar-refractivity contribution >= 4 is 54.6 Å². The number of carbonyl (C=O) groups excluding carboxylic acids is 2. The van der Waals surface area contributed by atoms with Crippen LogP contribution in [0.25, 0.3) is 11.1 Å². The van der Waals surface area contributed by atoms with Crippen LogP contribution in [0.4, 0.5) is 22.7 Å². The highest BCUT2D eigenvalue weighted by molar-refractivity contribution is 7.93. The molecule has 0 unspecified atom stereocenters. The Morgan fingerprint density at radius 1 is 0.537 bits per heavy atom. The lowest BCUT2D eigenvalue weighted by Gasteiger charge is -2.11. The van der Waals surface area contributed by atoms with Crippen molar-refractivity contribution in [3.05, 3.63) is 96.1 Å². The number of hydrogen-bond acceptors (Lipinski definition) is 6. The van der Waals surface area contributed by atoms with Gasteiger partial charge in [0.05, 0.1) is 9.79 Å². The van der Waals surface area contributed by atoms with Gasteiger partial charge in [-0.15, -0.1) is 0 Å². The summed E-state index contributed by atoms with van der Waals surface area (Å²) in [6, 6.07) is 22.3. The lowest BCUT2D eigenvalue weighted by molar-refractivity contribution is -0.115. The van der Waals surface area contributed by atoms with Crippen molar-refractivity contribution in [2.45, 2.75) is 30.1 Å². The normalized spacial score (nSPS) is 12.1. The van der Waals surface area contributed by atoms with Gasteiger partial charge in [-0.2, -0.15) is 0 Å². The Labute approximate surface area is 237 Å². The molecular weight excluding hydrogens is 564 g/mol. The summed E-state index contributed by atoms with van der Waals surface area (Å²) in [7, 11) is -7.80. The van der Waals surface area contributed by atoms with E-state index in [1.165, 1.54) is 26.0 Å². The fourth-order valence-corrected chi connectivity index (χ4v) is 6.79. The summed E-state index contributed by atoms with van der Waals surface area (Å²) >= 11 is 0. The van der Waals surface area contributed by atoms with Gasteiger partial charge in [-0.3, -0.25) is 19.0 Å². The van der Waals surface area contributed by atoms with Crippen LogP contribution in [0.2, 0.25) is 0 Å². The molecule has 210 valence electrons. The molecule has 2 amide bonds. The molecule has 5 rings (SSSR count). The zero-order valence-corrected chi connectivity index (χ0v) is 23.7. The summed E-state index contributed by atoms with van der Waals surface area (Å²) in [6.45, 7) is 2.77. The predicted octanol–water partition coefficient (Wildman–Crippen LogP) is 4.78. The van der Waals surface area contributed by atoms with Crippen LogP contribution in [0.1, 0.15) is 25.0 Å². The first kappa shape index (κ1) is 27.9. The van der Waals surface area contributed by atoms with Crippen molar-refractivity contribution < 1.29 is 26.4 Å². The average Bonchev–Trinajstić information content (AvgIpc) is 3.27. The molecule has 41 heavy (non-hydrogen) atoms. The number of carbonyl (C=O) groups is 2. The highest BCUT2D eigenvalue weighted by Gasteiger charge is 2.25. The zero-order chi connectivity index (χ0) is 29.4. The fraction of sp³-hybridized carbons (Fsp3) is 0.103. The average molecular weight is 591 g/mol. The Hall–Kier alpha value is -4.68. The molecule has 4 aromatic carbocycles. The number of sulfonamides is 2. The van der Waals surface area contributed by atoms with Gasteiger partial charge in [-0.25, -0.2) is 16.8 Å².